The quantitative estimate of drug-likeness (QED) is 0.760. The molecule has 0 amide bonds. The minimum absolute atomic E-state index is 0.167. The Labute approximate surface area is 92.5 Å². The molecule has 1 saturated carbocycles. The molecule has 3 N–H and O–H groups in total. The Balaban J connectivity index is 1.97. The Morgan fingerprint density at radius 2 is 2.19 bits per heavy atom. The van der Waals surface area contributed by atoms with Gasteiger partial charge in [0.1, 0.15) is 11.6 Å². The van der Waals surface area contributed by atoms with Crippen molar-refractivity contribution in [2.75, 3.05) is 5.73 Å². The molecule has 1 aliphatic carbocycles. The van der Waals surface area contributed by atoms with Gasteiger partial charge in [0.2, 0.25) is 0 Å². The van der Waals surface area contributed by atoms with E-state index in [0.29, 0.717) is 5.92 Å². The van der Waals surface area contributed by atoms with Crippen molar-refractivity contribution in [3.05, 3.63) is 36.0 Å². The zero-order chi connectivity index (χ0) is 11.1. The molecular weight excluding hydrogens is 205 g/mol. The van der Waals surface area contributed by atoms with E-state index in [1.165, 1.54) is 18.9 Å². The average Bonchev–Trinajstić information content (AvgIpc) is 3.01. The van der Waals surface area contributed by atoms with Crippen LogP contribution in [-0.2, 0) is 0 Å². The monoisotopic (exact) mass is 217 g/mol. The summed E-state index contributed by atoms with van der Waals surface area (Å²) in [6.07, 6.45) is 4.19. The maximum atomic E-state index is 13.0. The number of aromatic nitrogens is 2. The highest BCUT2D eigenvalue weighted by molar-refractivity contribution is 5.64. The molecule has 1 fully saturated rings. The second-order valence-electron chi connectivity index (χ2n) is 4.19. The maximum absolute atomic E-state index is 13.0. The second-order valence-corrected chi connectivity index (χ2v) is 4.19. The topological polar surface area (TPSA) is 54.7 Å². The van der Waals surface area contributed by atoms with Crippen LogP contribution in [0.2, 0.25) is 0 Å². The minimum Gasteiger partial charge on any atom is -0.396 e. The molecule has 1 aliphatic rings. The van der Waals surface area contributed by atoms with Gasteiger partial charge >= 0.3 is 0 Å². The summed E-state index contributed by atoms with van der Waals surface area (Å²) in [7, 11) is 0. The highest BCUT2D eigenvalue weighted by atomic mass is 19.1. The van der Waals surface area contributed by atoms with E-state index in [1.807, 2.05) is 0 Å². The normalized spacial score (nSPS) is 15.3. The molecule has 0 spiro atoms. The SMILES string of the molecule is Nc1cc(-c2cnc(C3CC3)[nH]2)ccc1F. The molecule has 82 valence electrons. The number of H-pyrrole nitrogens is 1. The molecule has 2 aromatic rings. The third-order valence-corrected chi connectivity index (χ3v) is 2.87. The summed E-state index contributed by atoms with van der Waals surface area (Å²) >= 11 is 0. The summed E-state index contributed by atoms with van der Waals surface area (Å²) in [5.74, 6) is 1.23. The van der Waals surface area contributed by atoms with E-state index in [0.717, 1.165) is 17.1 Å². The Kier molecular flexibility index (Phi) is 1.96. The van der Waals surface area contributed by atoms with E-state index < -0.39 is 0 Å². The standard InChI is InChI=1S/C12H12FN3/c13-9-4-3-8(5-10(9)14)11-6-15-12(16-11)7-1-2-7/h3-7H,1-2,14H2,(H,15,16). The summed E-state index contributed by atoms with van der Waals surface area (Å²) in [5.41, 5.74) is 7.46. The van der Waals surface area contributed by atoms with Crippen LogP contribution in [0.5, 0.6) is 0 Å². The van der Waals surface area contributed by atoms with E-state index in [4.69, 9.17) is 5.73 Å². The number of nitrogens with two attached hydrogens (primary N) is 1. The van der Waals surface area contributed by atoms with Crippen LogP contribution in [0.3, 0.4) is 0 Å². The Bertz CT molecular complexity index is 529. The van der Waals surface area contributed by atoms with Gasteiger partial charge < -0.3 is 10.7 Å². The first-order valence-corrected chi connectivity index (χ1v) is 5.34. The fourth-order valence-electron chi connectivity index (χ4n) is 1.76. The number of anilines is 1. The Morgan fingerprint density at radius 3 is 2.88 bits per heavy atom. The van der Waals surface area contributed by atoms with Gasteiger partial charge in [0.25, 0.3) is 0 Å². The first-order valence-electron chi connectivity index (χ1n) is 5.34. The lowest BCUT2D eigenvalue weighted by Gasteiger charge is -2.00. The van der Waals surface area contributed by atoms with Crippen molar-refractivity contribution in [1.29, 1.82) is 0 Å². The number of nitrogens with one attached hydrogen (secondary N) is 1. The lowest BCUT2D eigenvalue weighted by molar-refractivity contribution is 0.632. The van der Waals surface area contributed by atoms with Crippen molar-refractivity contribution in [3.63, 3.8) is 0 Å². The molecule has 0 atom stereocenters. The van der Waals surface area contributed by atoms with Gasteiger partial charge in [-0.3, -0.25) is 0 Å². The van der Waals surface area contributed by atoms with Gasteiger partial charge in [-0.1, -0.05) is 0 Å². The molecule has 0 radical (unpaired) electrons. The fraction of sp³-hybridized carbons (Fsp3) is 0.250. The first kappa shape index (κ1) is 9.39. The molecule has 0 aliphatic heterocycles. The zero-order valence-corrected chi connectivity index (χ0v) is 8.70. The summed E-state index contributed by atoms with van der Waals surface area (Å²) < 4.78 is 13.0. The Morgan fingerprint density at radius 1 is 1.38 bits per heavy atom. The molecule has 1 heterocycles. The van der Waals surface area contributed by atoms with E-state index in [9.17, 15) is 4.39 Å². The van der Waals surface area contributed by atoms with Crippen molar-refractivity contribution in [1.82, 2.24) is 9.97 Å². The van der Waals surface area contributed by atoms with Crippen LogP contribution in [0.25, 0.3) is 11.3 Å². The molecule has 4 heteroatoms. The van der Waals surface area contributed by atoms with Crippen LogP contribution in [0.1, 0.15) is 24.6 Å². The summed E-state index contributed by atoms with van der Waals surface area (Å²) in [6.45, 7) is 0. The van der Waals surface area contributed by atoms with Gasteiger partial charge in [0.15, 0.2) is 0 Å². The van der Waals surface area contributed by atoms with Crippen molar-refractivity contribution in [3.8, 4) is 11.3 Å². The number of nitrogen functional groups attached to an aromatic ring is 1. The highest BCUT2D eigenvalue weighted by Crippen LogP contribution is 2.38. The molecule has 0 unspecified atom stereocenters. The van der Waals surface area contributed by atoms with E-state index in [1.54, 1.807) is 18.3 Å². The van der Waals surface area contributed by atoms with E-state index >= 15 is 0 Å². The van der Waals surface area contributed by atoms with Gasteiger partial charge in [0.05, 0.1) is 17.6 Å². The summed E-state index contributed by atoms with van der Waals surface area (Å²) in [5, 5.41) is 0. The smallest absolute Gasteiger partial charge is 0.146 e. The van der Waals surface area contributed by atoms with Crippen molar-refractivity contribution >= 4 is 5.69 Å². The lowest BCUT2D eigenvalue weighted by Crippen LogP contribution is -1.91. The van der Waals surface area contributed by atoms with Crippen molar-refractivity contribution in [2.24, 2.45) is 0 Å². The van der Waals surface area contributed by atoms with Gasteiger partial charge in [-0.2, -0.15) is 0 Å². The molecule has 3 nitrogen and oxygen atoms in total. The Hall–Kier alpha value is -1.84. The number of rotatable bonds is 2. The predicted molar refractivity (Wildman–Crippen MR) is 60.4 cm³/mol. The van der Waals surface area contributed by atoms with Crippen molar-refractivity contribution < 1.29 is 4.39 Å². The van der Waals surface area contributed by atoms with Gasteiger partial charge in [-0.15, -0.1) is 0 Å². The zero-order valence-electron chi connectivity index (χ0n) is 8.70. The average molecular weight is 217 g/mol. The third kappa shape index (κ3) is 1.56. The fourth-order valence-corrected chi connectivity index (χ4v) is 1.76. The molecule has 0 bridgehead atoms. The number of imidazole rings is 1. The predicted octanol–water partition coefficient (Wildman–Crippen LogP) is 2.68. The molecule has 1 aromatic heterocycles. The number of nitrogens with zero attached hydrogens (tertiary/aromatic N) is 1. The third-order valence-electron chi connectivity index (χ3n) is 2.87. The van der Waals surface area contributed by atoms with Gasteiger partial charge in [-0.25, -0.2) is 9.37 Å². The van der Waals surface area contributed by atoms with Crippen LogP contribution in [0.15, 0.2) is 24.4 Å². The van der Waals surface area contributed by atoms with Crippen LogP contribution in [0, 0.1) is 5.82 Å². The van der Waals surface area contributed by atoms with Gasteiger partial charge in [0, 0.05) is 11.5 Å². The minimum atomic E-state index is -0.384. The van der Waals surface area contributed by atoms with Crippen LogP contribution < -0.4 is 5.73 Å². The van der Waals surface area contributed by atoms with E-state index in [-0.39, 0.29) is 11.5 Å². The van der Waals surface area contributed by atoms with Crippen LogP contribution >= 0.6 is 0 Å². The number of halogens is 1. The first-order chi connectivity index (χ1) is 7.74. The number of hydrogen-bond acceptors (Lipinski definition) is 2. The maximum Gasteiger partial charge on any atom is 0.146 e. The van der Waals surface area contributed by atoms with Crippen molar-refractivity contribution in [2.45, 2.75) is 18.8 Å². The number of hydrogen-bond donors (Lipinski definition) is 2. The molecule has 1 aromatic carbocycles. The van der Waals surface area contributed by atoms with Crippen LogP contribution in [0.4, 0.5) is 10.1 Å². The van der Waals surface area contributed by atoms with Crippen LogP contribution in [-0.4, -0.2) is 9.97 Å². The molecule has 3 rings (SSSR count). The second kappa shape index (κ2) is 3.33. The summed E-state index contributed by atoms with van der Waals surface area (Å²) in [4.78, 5) is 7.57. The number of benzene rings is 1. The van der Waals surface area contributed by atoms with E-state index in [2.05, 4.69) is 9.97 Å². The highest BCUT2D eigenvalue weighted by Gasteiger charge is 2.26. The van der Waals surface area contributed by atoms with Gasteiger partial charge in [-0.05, 0) is 31.0 Å². The summed E-state index contributed by atoms with van der Waals surface area (Å²) in [6, 6.07) is 4.71. The largest absolute Gasteiger partial charge is 0.396 e. The molecular formula is C12H12FN3. The molecule has 16 heavy (non-hydrogen) atoms. The molecule has 0 saturated heterocycles. The lowest BCUT2D eigenvalue weighted by atomic mass is 10.1. The number of aromatic amines is 1.